The van der Waals surface area contributed by atoms with E-state index in [4.69, 9.17) is 8.83 Å². The van der Waals surface area contributed by atoms with E-state index in [0.29, 0.717) is 0 Å². The fraction of sp³-hybridized carbons (Fsp3) is 0.0968. The lowest BCUT2D eigenvalue weighted by Crippen LogP contribution is -2.55. The van der Waals surface area contributed by atoms with Gasteiger partial charge in [0.1, 0.15) is 22.5 Å². The monoisotopic (exact) mass is 464 g/mol. The summed E-state index contributed by atoms with van der Waals surface area (Å²) in [7, 11) is 0. The number of anilines is 4. The van der Waals surface area contributed by atoms with Gasteiger partial charge in [-0.2, -0.15) is 0 Å². The molecule has 5 heteroatoms. The third-order valence-electron chi connectivity index (χ3n) is 8.15. The number of fused-ring (bicyclic) bond motifs is 13. The quantitative estimate of drug-likeness (QED) is 0.215. The molecule has 9 rings (SSSR count). The molecule has 3 aliphatic heterocycles. The first kappa shape index (κ1) is 18.9. The van der Waals surface area contributed by atoms with Gasteiger partial charge in [-0.15, -0.1) is 0 Å². The van der Waals surface area contributed by atoms with Gasteiger partial charge in [0, 0.05) is 33.5 Å². The summed E-state index contributed by atoms with van der Waals surface area (Å²) < 4.78 is 13.4. The number of rotatable bonds is 0. The van der Waals surface area contributed by atoms with E-state index in [-0.39, 0.29) is 6.98 Å². The Kier molecular flexibility index (Phi) is 3.18. The minimum atomic E-state index is -0.158. The summed E-state index contributed by atoms with van der Waals surface area (Å²) in [4.78, 5) is 4.82. The normalized spacial score (nSPS) is 14.4. The highest BCUT2D eigenvalue weighted by atomic mass is 16.4. The van der Waals surface area contributed by atoms with Gasteiger partial charge in [0.05, 0.1) is 5.39 Å². The van der Waals surface area contributed by atoms with Gasteiger partial charge < -0.3 is 18.5 Å². The molecule has 0 unspecified atom stereocenters. The molecule has 0 fully saturated rings. The molecule has 4 nitrogen and oxygen atoms in total. The van der Waals surface area contributed by atoms with Crippen LogP contribution in [0.3, 0.4) is 0 Å². The maximum Gasteiger partial charge on any atom is 0.462 e. The van der Waals surface area contributed by atoms with Crippen molar-refractivity contribution in [2.75, 3.05) is 9.62 Å². The molecule has 3 aliphatic rings. The first-order valence-corrected chi connectivity index (χ1v) is 12.5. The second kappa shape index (κ2) is 6.06. The topological polar surface area (TPSA) is 32.8 Å². The Morgan fingerprint density at radius 2 is 1.53 bits per heavy atom. The number of furan rings is 2. The van der Waals surface area contributed by atoms with Crippen LogP contribution in [0.4, 0.5) is 22.9 Å². The van der Waals surface area contributed by atoms with Crippen LogP contribution in [0, 0.1) is 20.8 Å². The largest absolute Gasteiger partial charge is 0.465 e. The van der Waals surface area contributed by atoms with E-state index in [1.54, 1.807) is 0 Å². The van der Waals surface area contributed by atoms with Crippen molar-refractivity contribution in [3.8, 4) is 22.3 Å². The van der Waals surface area contributed by atoms with E-state index in [2.05, 4.69) is 97.1 Å². The molecule has 36 heavy (non-hydrogen) atoms. The zero-order valence-corrected chi connectivity index (χ0v) is 20.2. The minimum Gasteiger partial charge on any atom is -0.465 e. The van der Waals surface area contributed by atoms with E-state index in [1.807, 2.05) is 6.07 Å². The average molecular weight is 464 g/mol. The smallest absolute Gasteiger partial charge is 0.462 e. The highest BCUT2D eigenvalue weighted by Crippen LogP contribution is 2.61. The van der Waals surface area contributed by atoms with Crippen LogP contribution in [0.2, 0.25) is 0 Å². The van der Waals surface area contributed by atoms with E-state index in [1.165, 1.54) is 50.0 Å². The predicted octanol–water partition coefficient (Wildman–Crippen LogP) is 7.75. The Balaban J connectivity index is 1.47. The first-order valence-electron chi connectivity index (χ1n) is 12.5. The van der Waals surface area contributed by atoms with E-state index in [9.17, 15) is 0 Å². The van der Waals surface area contributed by atoms with E-state index in [0.717, 1.165) is 39.5 Å². The summed E-state index contributed by atoms with van der Waals surface area (Å²) in [5.41, 5.74) is 15.0. The van der Waals surface area contributed by atoms with E-state index < -0.39 is 0 Å². The van der Waals surface area contributed by atoms with Gasteiger partial charge >= 0.3 is 6.98 Å². The van der Waals surface area contributed by atoms with Crippen molar-refractivity contribution in [2.45, 2.75) is 20.8 Å². The van der Waals surface area contributed by atoms with Crippen LogP contribution in [-0.2, 0) is 0 Å². The summed E-state index contributed by atoms with van der Waals surface area (Å²) in [5, 5.41) is 2.35. The Labute approximate surface area is 208 Å². The number of aryl methyl sites for hydroxylation is 3. The summed E-state index contributed by atoms with van der Waals surface area (Å²) >= 11 is 0. The van der Waals surface area contributed by atoms with Crippen LogP contribution in [0.5, 0.6) is 0 Å². The van der Waals surface area contributed by atoms with Gasteiger partial charge in [0.2, 0.25) is 5.88 Å². The molecule has 6 aromatic rings. The van der Waals surface area contributed by atoms with Gasteiger partial charge in [-0.25, -0.2) is 0 Å². The van der Waals surface area contributed by atoms with Crippen molar-refractivity contribution in [2.24, 2.45) is 0 Å². The highest BCUT2D eigenvalue weighted by molar-refractivity contribution is 6.86. The fourth-order valence-electron chi connectivity index (χ4n) is 6.86. The molecule has 0 saturated heterocycles. The average Bonchev–Trinajstić information content (AvgIpc) is 3.52. The molecule has 2 aromatic heterocycles. The molecule has 5 heterocycles. The number of hydrogen-bond donors (Lipinski definition) is 0. The lowest BCUT2D eigenvalue weighted by Gasteiger charge is -2.36. The predicted molar refractivity (Wildman–Crippen MR) is 147 cm³/mol. The molecule has 0 amide bonds. The number of para-hydroxylation sites is 1. The third-order valence-corrected chi connectivity index (χ3v) is 8.15. The molecule has 0 spiro atoms. The van der Waals surface area contributed by atoms with Crippen molar-refractivity contribution in [1.29, 1.82) is 0 Å². The SMILES string of the molecule is Cc1ccc2c(c1)-c1c(oc3ccccc13)B1N2c2oc3cccc4c3c2N1c1cc(C)cc(C)c1-4. The molecule has 0 bridgehead atoms. The highest BCUT2D eigenvalue weighted by Gasteiger charge is 2.55. The maximum atomic E-state index is 6.72. The van der Waals surface area contributed by atoms with Crippen LogP contribution in [0.1, 0.15) is 16.7 Å². The Hall–Kier alpha value is -4.38. The summed E-state index contributed by atoms with van der Waals surface area (Å²) in [6.45, 7) is 6.39. The van der Waals surface area contributed by atoms with Gasteiger partial charge in [-0.05, 0) is 67.8 Å². The molecule has 0 aliphatic carbocycles. The molecule has 0 atom stereocenters. The van der Waals surface area contributed by atoms with Gasteiger partial charge in [-0.1, -0.05) is 48.0 Å². The van der Waals surface area contributed by atoms with Crippen molar-refractivity contribution < 1.29 is 8.83 Å². The molecule has 0 N–H and O–H groups in total. The number of nitrogens with zero attached hydrogens (tertiary/aromatic N) is 2. The molecular weight excluding hydrogens is 443 g/mol. The van der Waals surface area contributed by atoms with Crippen molar-refractivity contribution >= 4 is 57.5 Å². The van der Waals surface area contributed by atoms with Crippen LogP contribution in [0.25, 0.3) is 44.2 Å². The first-order chi connectivity index (χ1) is 17.6. The lowest BCUT2D eigenvalue weighted by molar-refractivity contribution is 0.625. The summed E-state index contributed by atoms with van der Waals surface area (Å²) in [5.74, 6) is 0.892. The second-order valence-corrected chi connectivity index (χ2v) is 10.4. The van der Waals surface area contributed by atoms with Crippen molar-refractivity contribution in [1.82, 2.24) is 0 Å². The number of hydrogen-bond acceptors (Lipinski definition) is 4. The van der Waals surface area contributed by atoms with Crippen LogP contribution in [0.15, 0.2) is 81.6 Å². The second-order valence-electron chi connectivity index (χ2n) is 10.4. The molecule has 170 valence electrons. The zero-order chi connectivity index (χ0) is 23.9. The number of benzene rings is 4. The molecule has 4 aromatic carbocycles. The standard InChI is InChI=1S/C31H21BN2O2/c1-16-11-12-22-21(14-16)27-19-7-4-5-9-24(19)35-30(27)32-33-23-15-17(2)13-18(3)26(23)20-8-6-10-25-28(20)29(33)31(36-25)34(22)32/h4-15H,1-3H3. The summed E-state index contributed by atoms with van der Waals surface area (Å²) in [6.07, 6.45) is 0. The Morgan fingerprint density at radius 3 is 2.44 bits per heavy atom. The van der Waals surface area contributed by atoms with Crippen LogP contribution >= 0.6 is 0 Å². The zero-order valence-electron chi connectivity index (χ0n) is 20.2. The van der Waals surface area contributed by atoms with E-state index >= 15 is 0 Å². The van der Waals surface area contributed by atoms with Crippen molar-refractivity contribution in [3.05, 3.63) is 89.5 Å². The Morgan fingerprint density at radius 1 is 0.667 bits per heavy atom. The molecular formula is C31H21BN2O2. The Bertz CT molecular complexity index is 1960. The molecule has 0 saturated carbocycles. The fourth-order valence-corrected chi connectivity index (χ4v) is 6.86. The van der Waals surface area contributed by atoms with Gasteiger partial charge in [0.15, 0.2) is 0 Å². The summed E-state index contributed by atoms with van der Waals surface area (Å²) in [6, 6.07) is 26.1. The third kappa shape index (κ3) is 2.02. The van der Waals surface area contributed by atoms with Gasteiger partial charge in [0.25, 0.3) is 0 Å². The minimum absolute atomic E-state index is 0.158. The van der Waals surface area contributed by atoms with Crippen LogP contribution < -0.4 is 15.3 Å². The van der Waals surface area contributed by atoms with Crippen molar-refractivity contribution in [3.63, 3.8) is 0 Å². The lowest BCUT2D eigenvalue weighted by atomic mass is 9.63. The van der Waals surface area contributed by atoms with Gasteiger partial charge in [-0.3, -0.25) is 0 Å². The van der Waals surface area contributed by atoms with Crippen LogP contribution in [-0.4, -0.2) is 6.98 Å². The maximum absolute atomic E-state index is 6.72. The molecule has 0 radical (unpaired) electrons.